The van der Waals surface area contributed by atoms with E-state index in [0.717, 1.165) is 5.56 Å². The quantitative estimate of drug-likeness (QED) is 0.628. The lowest BCUT2D eigenvalue weighted by molar-refractivity contribution is 0.103. The van der Waals surface area contributed by atoms with Gasteiger partial charge in [0.2, 0.25) is 5.78 Å². The first-order valence-electron chi connectivity index (χ1n) is 4.96. The summed E-state index contributed by atoms with van der Waals surface area (Å²) in [6.45, 7) is 1.97. The van der Waals surface area contributed by atoms with Gasteiger partial charge in [-0.1, -0.05) is 29.8 Å². The average Bonchev–Trinajstić information content (AvgIpc) is 2.77. The monoisotopic (exact) mass is 213 g/mol. The van der Waals surface area contributed by atoms with Crippen molar-refractivity contribution in [1.29, 1.82) is 0 Å². The highest BCUT2D eigenvalue weighted by Crippen LogP contribution is 2.10. The number of aromatic nitrogens is 1. The van der Waals surface area contributed by atoms with Gasteiger partial charge in [0.1, 0.15) is 0 Å². The third-order valence-electron chi connectivity index (χ3n) is 2.39. The van der Waals surface area contributed by atoms with Gasteiger partial charge in [-0.25, -0.2) is 0 Å². The molecule has 1 aromatic heterocycles. The van der Waals surface area contributed by atoms with E-state index in [1.54, 1.807) is 24.3 Å². The third kappa shape index (κ3) is 1.93. The Kier molecular flexibility index (Phi) is 2.68. The number of aryl methyl sites for hydroxylation is 1. The summed E-state index contributed by atoms with van der Waals surface area (Å²) < 4.78 is 0. The van der Waals surface area contributed by atoms with Gasteiger partial charge >= 0.3 is 0 Å². The van der Waals surface area contributed by atoms with Crippen LogP contribution in [0.4, 0.5) is 0 Å². The lowest BCUT2D eigenvalue weighted by Gasteiger charge is -1.98. The molecule has 0 saturated heterocycles. The smallest absolute Gasteiger partial charge is 0.209 e. The maximum absolute atomic E-state index is 11.9. The van der Waals surface area contributed by atoms with E-state index in [4.69, 9.17) is 0 Å². The van der Waals surface area contributed by atoms with Gasteiger partial charge in [-0.15, -0.1) is 0 Å². The minimum Gasteiger partial charge on any atom is -0.350 e. The highest BCUT2D eigenvalue weighted by molar-refractivity contribution is 6.08. The van der Waals surface area contributed by atoms with E-state index in [1.165, 1.54) is 0 Å². The number of rotatable bonds is 3. The van der Waals surface area contributed by atoms with Gasteiger partial charge in [-0.3, -0.25) is 9.59 Å². The molecule has 2 rings (SSSR count). The molecule has 0 saturated carbocycles. The van der Waals surface area contributed by atoms with Crippen LogP contribution in [0.25, 0.3) is 0 Å². The molecule has 1 N–H and O–H groups in total. The molecule has 2 aromatic rings. The summed E-state index contributed by atoms with van der Waals surface area (Å²) in [5, 5.41) is 0. The second kappa shape index (κ2) is 4.14. The molecule has 3 heteroatoms. The highest BCUT2D eigenvalue weighted by Gasteiger charge is 2.10. The van der Waals surface area contributed by atoms with Crippen LogP contribution in [0.5, 0.6) is 0 Å². The van der Waals surface area contributed by atoms with Crippen LogP contribution in [-0.2, 0) is 0 Å². The number of aromatic amines is 1. The number of aldehydes is 1. The normalized spacial score (nSPS) is 10.1. The number of carbonyl (C=O) groups is 2. The predicted molar refractivity (Wildman–Crippen MR) is 60.8 cm³/mol. The number of nitrogens with one attached hydrogen (secondary N) is 1. The maximum Gasteiger partial charge on any atom is 0.209 e. The van der Waals surface area contributed by atoms with E-state index in [2.05, 4.69) is 4.98 Å². The van der Waals surface area contributed by atoms with Gasteiger partial charge in [0, 0.05) is 5.56 Å². The van der Waals surface area contributed by atoms with Crippen LogP contribution in [0.15, 0.2) is 36.4 Å². The summed E-state index contributed by atoms with van der Waals surface area (Å²) in [6, 6.07) is 10.5. The largest absolute Gasteiger partial charge is 0.350 e. The molecule has 1 aromatic carbocycles. The summed E-state index contributed by atoms with van der Waals surface area (Å²) in [5.74, 6) is -0.104. The first-order valence-corrected chi connectivity index (χ1v) is 4.96. The lowest BCUT2D eigenvalue weighted by atomic mass is 10.1. The number of carbonyl (C=O) groups excluding carboxylic acids is 2. The summed E-state index contributed by atoms with van der Waals surface area (Å²) in [5.41, 5.74) is 2.57. The van der Waals surface area contributed by atoms with Crippen LogP contribution < -0.4 is 0 Å². The predicted octanol–water partition coefficient (Wildman–Crippen LogP) is 2.37. The first-order chi connectivity index (χ1) is 7.70. The second-order valence-electron chi connectivity index (χ2n) is 3.64. The molecule has 0 aliphatic heterocycles. The molecule has 0 radical (unpaired) electrons. The second-order valence-corrected chi connectivity index (χ2v) is 3.64. The van der Waals surface area contributed by atoms with Crippen molar-refractivity contribution in [1.82, 2.24) is 4.98 Å². The molecule has 0 fully saturated rings. The van der Waals surface area contributed by atoms with Crippen LogP contribution in [0.1, 0.15) is 32.1 Å². The SMILES string of the molecule is Cc1ccc(C(=O)c2ccc(C=O)[nH]2)cc1. The Bertz CT molecular complexity index is 523. The van der Waals surface area contributed by atoms with Crippen LogP contribution >= 0.6 is 0 Å². The van der Waals surface area contributed by atoms with Crippen LogP contribution in [0, 0.1) is 6.92 Å². The van der Waals surface area contributed by atoms with Crippen molar-refractivity contribution in [2.24, 2.45) is 0 Å². The molecule has 0 spiro atoms. The van der Waals surface area contributed by atoms with Gasteiger partial charge in [-0.2, -0.15) is 0 Å². The highest BCUT2D eigenvalue weighted by atomic mass is 16.1. The van der Waals surface area contributed by atoms with Crippen molar-refractivity contribution < 1.29 is 9.59 Å². The van der Waals surface area contributed by atoms with Crippen molar-refractivity contribution in [2.45, 2.75) is 6.92 Å². The minimum absolute atomic E-state index is 0.104. The number of hydrogen-bond donors (Lipinski definition) is 1. The Morgan fingerprint density at radius 3 is 2.38 bits per heavy atom. The Labute approximate surface area is 93.1 Å². The molecule has 0 aliphatic carbocycles. The molecule has 1 heterocycles. The number of hydrogen-bond acceptors (Lipinski definition) is 2. The molecule has 0 aliphatic rings. The van der Waals surface area contributed by atoms with Crippen molar-refractivity contribution in [3.63, 3.8) is 0 Å². The Morgan fingerprint density at radius 1 is 1.12 bits per heavy atom. The van der Waals surface area contributed by atoms with Gasteiger partial charge in [-0.05, 0) is 19.1 Å². The summed E-state index contributed by atoms with van der Waals surface area (Å²) in [7, 11) is 0. The Hall–Kier alpha value is -2.16. The zero-order valence-electron chi connectivity index (χ0n) is 8.86. The minimum atomic E-state index is -0.104. The fraction of sp³-hybridized carbons (Fsp3) is 0.0769. The summed E-state index contributed by atoms with van der Waals surface area (Å²) in [4.78, 5) is 25.2. The van der Waals surface area contributed by atoms with E-state index in [-0.39, 0.29) is 5.78 Å². The standard InChI is InChI=1S/C13H11NO2/c1-9-2-4-10(5-3-9)13(16)12-7-6-11(8-15)14-12/h2-8,14H,1H3. The molecule has 0 unspecified atom stereocenters. The van der Waals surface area contributed by atoms with E-state index in [9.17, 15) is 9.59 Å². The molecule has 0 amide bonds. The zero-order valence-corrected chi connectivity index (χ0v) is 8.86. The Morgan fingerprint density at radius 2 is 1.81 bits per heavy atom. The van der Waals surface area contributed by atoms with E-state index >= 15 is 0 Å². The van der Waals surface area contributed by atoms with Gasteiger partial charge in [0.15, 0.2) is 6.29 Å². The van der Waals surface area contributed by atoms with Crippen molar-refractivity contribution >= 4 is 12.1 Å². The summed E-state index contributed by atoms with van der Waals surface area (Å²) >= 11 is 0. The third-order valence-corrected chi connectivity index (χ3v) is 2.39. The molecular formula is C13H11NO2. The molecule has 3 nitrogen and oxygen atoms in total. The van der Waals surface area contributed by atoms with Gasteiger partial charge in [0.05, 0.1) is 11.4 Å². The molecule has 16 heavy (non-hydrogen) atoms. The molecule has 0 bridgehead atoms. The fourth-order valence-corrected chi connectivity index (χ4v) is 1.47. The number of benzene rings is 1. The molecule has 0 atom stereocenters. The Balaban J connectivity index is 2.31. The van der Waals surface area contributed by atoms with E-state index in [0.29, 0.717) is 23.2 Å². The van der Waals surface area contributed by atoms with E-state index in [1.807, 2.05) is 19.1 Å². The van der Waals surface area contributed by atoms with Gasteiger partial charge in [0.25, 0.3) is 0 Å². The topological polar surface area (TPSA) is 49.9 Å². The van der Waals surface area contributed by atoms with Crippen molar-refractivity contribution in [3.8, 4) is 0 Å². The lowest BCUT2D eigenvalue weighted by Crippen LogP contribution is -2.01. The fourth-order valence-electron chi connectivity index (χ4n) is 1.47. The number of H-pyrrole nitrogens is 1. The van der Waals surface area contributed by atoms with Crippen LogP contribution in [-0.4, -0.2) is 17.1 Å². The molecule has 80 valence electrons. The maximum atomic E-state index is 11.9. The number of ketones is 1. The zero-order chi connectivity index (χ0) is 11.5. The average molecular weight is 213 g/mol. The molecular weight excluding hydrogens is 202 g/mol. The van der Waals surface area contributed by atoms with Crippen molar-refractivity contribution in [2.75, 3.05) is 0 Å². The van der Waals surface area contributed by atoms with Gasteiger partial charge < -0.3 is 4.98 Å². The van der Waals surface area contributed by atoms with Crippen LogP contribution in [0.3, 0.4) is 0 Å². The van der Waals surface area contributed by atoms with Crippen molar-refractivity contribution in [3.05, 3.63) is 58.9 Å². The first kappa shape index (κ1) is 10.4. The summed E-state index contributed by atoms with van der Waals surface area (Å²) in [6.07, 6.45) is 0.686. The van der Waals surface area contributed by atoms with Crippen LogP contribution in [0.2, 0.25) is 0 Å². The van der Waals surface area contributed by atoms with E-state index < -0.39 is 0 Å².